The Bertz CT molecular complexity index is 546. The van der Waals surface area contributed by atoms with Crippen molar-refractivity contribution in [2.45, 2.75) is 46.1 Å². The molecule has 1 aliphatic heterocycles. The van der Waals surface area contributed by atoms with Crippen LogP contribution in [-0.4, -0.2) is 36.2 Å². The number of hydrogen-bond acceptors (Lipinski definition) is 3. The lowest BCUT2D eigenvalue weighted by molar-refractivity contribution is 0.0188. The standard InChI is InChI=1S/C18H27BrN2O2/c1-13-5-6-15(11-16(13)19)20-12-14-7-9-21(10-8-14)17(22)23-18(2,3)4/h5-6,11,14,20H,7-10,12H2,1-4H3. The second-order valence-electron chi connectivity index (χ2n) is 7.26. The molecule has 5 heteroatoms. The second-order valence-corrected chi connectivity index (χ2v) is 8.11. The van der Waals surface area contributed by atoms with E-state index in [-0.39, 0.29) is 6.09 Å². The van der Waals surface area contributed by atoms with E-state index < -0.39 is 5.60 Å². The summed E-state index contributed by atoms with van der Waals surface area (Å²) in [4.78, 5) is 13.9. The number of aryl methyl sites for hydroxylation is 1. The molecule has 0 aliphatic carbocycles. The van der Waals surface area contributed by atoms with Gasteiger partial charge in [0, 0.05) is 29.8 Å². The third kappa shape index (κ3) is 5.72. The monoisotopic (exact) mass is 382 g/mol. The van der Waals surface area contributed by atoms with Gasteiger partial charge in [-0.15, -0.1) is 0 Å². The minimum absolute atomic E-state index is 0.189. The SMILES string of the molecule is Cc1ccc(NCC2CCN(C(=O)OC(C)(C)C)CC2)cc1Br. The highest BCUT2D eigenvalue weighted by Crippen LogP contribution is 2.23. The summed E-state index contributed by atoms with van der Waals surface area (Å²) in [6, 6.07) is 6.33. The first-order valence-electron chi connectivity index (χ1n) is 8.22. The fraction of sp³-hybridized carbons (Fsp3) is 0.611. The number of carbonyl (C=O) groups excluding carboxylic acids is 1. The van der Waals surface area contributed by atoms with Crippen molar-refractivity contribution in [1.82, 2.24) is 4.90 Å². The van der Waals surface area contributed by atoms with E-state index >= 15 is 0 Å². The molecule has 0 bridgehead atoms. The molecule has 1 aromatic carbocycles. The fourth-order valence-corrected chi connectivity index (χ4v) is 2.99. The van der Waals surface area contributed by atoms with Gasteiger partial charge in [-0.2, -0.15) is 0 Å². The number of halogens is 1. The highest BCUT2D eigenvalue weighted by atomic mass is 79.9. The van der Waals surface area contributed by atoms with Crippen LogP contribution in [0.3, 0.4) is 0 Å². The molecule has 1 fully saturated rings. The van der Waals surface area contributed by atoms with Crippen molar-refractivity contribution in [2.24, 2.45) is 5.92 Å². The van der Waals surface area contributed by atoms with Gasteiger partial charge in [0.15, 0.2) is 0 Å². The molecule has 0 unspecified atom stereocenters. The zero-order valence-electron chi connectivity index (χ0n) is 14.5. The van der Waals surface area contributed by atoms with E-state index in [1.165, 1.54) is 5.56 Å². The molecule has 1 N–H and O–H groups in total. The molecule has 1 aliphatic rings. The first kappa shape index (κ1) is 18.1. The average molecular weight is 383 g/mol. The maximum Gasteiger partial charge on any atom is 0.410 e. The molecule has 23 heavy (non-hydrogen) atoms. The zero-order chi connectivity index (χ0) is 17.0. The van der Waals surface area contributed by atoms with Crippen LogP contribution < -0.4 is 5.32 Å². The third-order valence-electron chi connectivity index (χ3n) is 4.03. The minimum atomic E-state index is -0.422. The van der Waals surface area contributed by atoms with Crippen LogP contribution in [0.25, 0.3) is 0 Å². The van der Waals surface area contributed by atoms with E-state index in [1.807, 2.05) is 25.7 Å². The van der Waals surface area contributed by atoms with E-state index in [9.17, 15) is 4.79 Å². The maximum atomic E-state index is 12.1. The number of benzene rings is 1. The molecular weight excluding hydrogens is 356 g/mol. The number of rotatable bonds is 3. The summed E-state index contributed by atoms with van der Waals surface area (Å²) in [6.07, 6.45) is 1.84. The van der Waals surface area contributed by atoms with E-state index in [0.717, 1.165) is 42.6 Å². The van der Waals surface area contributed by atoms with Crippen LogP contribution in [0.15, 0.2) is 22.7 Å². The Balaban J connectivity index is 1.76. The summed E-state index contributed by atoms with van der Waals surface area (Å²) < 4.78 is 6.56. The van der Waals surface area contributed by atoms with Gasteiger partial charge in [-0.05, 0) is 64.2 Å². The number of ether oxygens (including phenoxy) is 1. The number of anilines is 1. The van der Waals surface area contributed by atoms with Gasteiger partial charge in [-0.1, -0.05) is 22.0 Å². The first-order chi connectivity index (χ1) is 10.7. The molecule has 0 radical (unpaired) electrons. The van der Waals surface area contributed by atoms with Crippen molar-refractivity contribution in [3.05, 3.63) is 28.2 Å². The zero-order valence-corrected chi connectivity index (χ0v) is 16.1. The minimum Gasteiger partial charge on any atom is -0.444 e. The molecule has 2 rings (SSSR count). The van der Waals surface area contributed by atoms with Crippen LogP contribution in [0.4, 0.5) is 10.5 Å². The van der Waals surface area contributed by atoms with Gasteiger partial charge in [0.1, 0.15) is 5.60 Å². The van der Waals surface area contributed by atoms with Crippen molar-refractivity contribution in [3.8, 4) is 0 Å². The van der Waals surface area contributed by atoms with Gasteiger partial charge < -0.3 is 15.0 Å². The Morgan fingerprint density at radius 1 is 1.35 bits per heavy atom. The van der Waals surface area contributed by atoms with E-state index in [0.29, 0.717) is 5.92 Å². The second kappa shape index (κ2) is 7.56. The van der Waals surface area contributed by atoms with Crippen LogP contribution in [-0.2, 0) is 4.74 Å². The Morgan fingerprint density at radius 3 is 2.57 bits per heavy atom. The normalized spacial score (nSPS) is 16.3. The maximum absolute atomic E-state index is 12.1. The molecule has 128 valence electrons. The summed E-state index contributed by atoms with van der Waals surface area (Å²) in [5.41, 5.74) is 1.95. The van der Waals surface area contributed by atoms with Crippen LogP contribution in [0, 0.1) is 12.8 Å². The number of piperidine rings is 1. The Morgan fingerprint density at radius 2 is 2.00 bits per heavy atom. The van der Waals surface area contributed by atoms with Crippen LogP contribution in [0.2, 0.25) is 0 Å². The number of amides is 1. The molecule has 1 saturated heterocycles. The van der Waals surface area contributed by atoms with Gasteiger partial charge in [0.05, 0.1) is 0 Å². The highest BCUT2D eigenvalue weighted by molar-refractivity contribution is 9.10. The molecule has 0 spiro atoms. The van der Waals surface area contributed by atoms with Crippen molar-refractivity contribution >= 4 is 27.7 Å². The summed E-state index contributed by atoms with van der Waals surface area (Å²) >= 11 is 3.56. The molecule has 4 nitrogen and oxygen atoms in total. The predicted octanol–water partition coefficient (Wildman–Crippen LogP) is 4.82. The topological polar surface area (TPSA) is 41.6 Å². The fourth-order valence-electron chi connectivity index (χ4n) is 2.61. The summed E-state index contributed by atoms with van der Waals surface area (Å²) in [6.45, 7) is 10.3. The number of likely N-dealkylation sites (tertiary alicyclic amines) is 1. The van der Waals surface area contributed by atoms with E-state index in [2.05, 4.69) is 46.4 Å². The molecule has 0 atom stereocenters. The Hall–Kier alpha value is -1.23. The van der Waals surface area contributed by atoms with E-state index in [1.54, 1.807) is 0 Å². The van der Waals surface area contributed by atoms with Gasteiger partial charge >= 0.3 is 6.09 Å². The molecule has 1 heterocycles. The van der Waals surface area contributed by atoms with Crippen LogP contribution in [0.1, 0.15) is 39.2 Å². The Labute approximate surface area is 147 Å². The van der Waals surface area contributed by atoms with Crippen molar-refractivity contribution in [2.75, 3.05) is 25.0 Å². The Kier molecular flexibility index (Phi) is 5.95. The number of carbonyl (C=O) groups is 1. The van der Waals surface area contributed by atoms with Crippen molar-refractivity contribution < 1.29 is 9.53 Å². The van der Waals surface area contributed by atoms with Crippen LogP contribution in [0.5, 0.6) is 0 Å². The highest BCUT2D eigenvalue weighted by Gasteiger charge is 2.26. The summed E-state index contributed by atoms with van der Waals surface area (Å²) in [5.74, 6) is 0.591. The molecule has 0 saturated carbocycles. The van der Waals surface area contributed by atoms with Gasteiger partial charge in [-0.3, -0.25) is 0 Å². The molecule has 1 aromatic rings. The summed E-state index contributed by atoms with van der Waals surface area (Å²) in [7, 11) is 0. The largest absolute Gasteiger partial charge is 0.444 e. The lowest BCUT2D eigenvalue weighted by Crippen LogP contribution is -2.42. The number of hydrogen-bond donors (Lipinski definition) is 1. The van der Waals surface area contributed by atoms with Crippen molar-refractivity contribution in [1.29, 1.82) is 0 Å². The molecule has 1 amide bonds. The number of nitrogens with one attached hydrogen (secondary N) is 1. The number of nitrogens with zero attached hydrogens (tertiary/aromatic N) is 1. The average Bonchev–Trinajstić information content (AvgIpc) is 2.47. The van der Waals surface area contributed by atoms with Gasteiger partial charge in [0.2, 0.25) is 0 Å². The third-order valence-corrected chi connectivity index (χ3v) is 4.89. The van der Waals surface area contributed by atoms with Gasteiger partial charge in [-0.25, -0.2) is 4.79 Å². The molecular formula is C18H27BrN2O2. The van der Waals surface area contributed by atoms with Gasteiger partial charge in [0.25, 0.3) is 0 Å². The quantitative estimate of drug-likeness (QED) is 0.814. The first-order valence-corrected chi connectivity index (χ1v) is 9.02. The summed E-state index contributed by atoms with van der Waals surface area (Å²) in [5, 5.41) is 3.50. The van der Waals surface area contributed by atoms with E-state index in [4.69, 9.17) is 4.74 Å². The van der Waals surface area contributed by atoms with Crippen LogP contribution >= 0.6 is 15.9 Å². The van der Waals surface area contributed by atoms with Crippen molar-refractivity contribution in [3.63, 3.8) is 0 Å². The lowest BCUT2D eigenvalue weighted by Gasteiger charge is -2.33. The smallest absolute Gasteiger partial charge is 0.410 e. The predicted molar refractivity (Wildman–Crippen MR) is 97.9 cm³/mol. The molecule has 0 aromatic heterocycles. The lowest BCUT2D eigenvalue weighted by atomic mass is 9.97.